The van der Waals surface area contributed by atoms with Gasteiger partial charge in [-0.3, -0.25) is 0 Å². The lowest BCUT2D eigenvalue weighted by molar-refractivity contribution is 0.625. The lowest BCUT2D eigenvalue weighted by atomic mass is 10.2. The molecule has 0 saturated heterocycles. The molecule has 0 radical (unpaired) electrons. The Balaban J connectivity index is 2.35. The number of benzene rings is 2. The van der Waals surface area contributed by atoms with Gasteiger partial charge in [0.1, 0.15) is 11.7 Å². The number of amidine groups is 1. The molecule has 0 heterocycles. The first kappa shape index (κ1) is 12.3. The second-order valence-electron chi connectivity index (χ2n) is 3.85. The Labute approximate surface area is 105 Å². The Hall–Kier alpha value is -2.20. The molecular weight excluding hydrogens is 229 g/mol. The highest BCUT2D eigenvalue weighted by Crippen LogP contribution is 2.15. The van der Waals surface area contributed by atoms with Crippen LogP contribution in [0.25, 0.3) is 0 Å². The first-order chi connectivity index (χ1) is 8.70. The van der Waals surface area contributed by atoms with Gasteiger partial charge in [-0.15, -0.1) is 0 Å². The fourth-order valence-corrected chi connectivity index (χ4v) is 1.62. The summed E-state index contributed by atoms with van der Waals surface area (Å²) in [6.07, 6.45) is 0. The van der Waals surface area contributed by atoms with E-state index in [0.29, 0.717) is 17.8 Å². The average Bonchev–Trinajstić information content (AvgIpc) is 2.39. The molecule has 0 aliphatic heterocycles. The minimum Gasteiger partial charge on any atom is -0.383 e. The van der Waals surface area contributed by atoms with E-state index in [4.69, 9.17) is 11.5 Å². The molecule has 0 unspecified atom stereocenters. The standard InChI is InChI=1S/C14H14FN3/c15-13-7-2-1-6-12(13)14(17)18-11-5-3-4-10(8-11)9-16/h1-8H,9,16H2,(H2,17,18). The third-order valence-electron chi connectivity index (χ3n) is 2.55. The highest BCUT2D eigenvalue weighted by atomic mass is 19.1. The number of rotatable bonds is 3. The first-order valence-corrected chi connectivity index (χ1v) is 5.59. The monoisotopic (exact) mass is 243 g/mol. The number of halogens is 1. The number of hydrogen-bond donors (Lipinski definition) is 2. The minimum atomic E-state index is -0.381. The summed E-state index contributed by atoms with van der Waals surface area (Å²) in [6.45, 7) is 0.433. The summed E-state index contributed by atoms with van der Waals surface area (Å²) in [5.74, 6) is -0.226. The predicted molar refractivity (Wildman–Crippen MR) is 71.1 cm³/mol. The molecule has 4 heteroatoms. The number of aliphatic imine (C=N–C) groups is 1. The van der Waals surface area contributed by atoms with Crippen molar-refractivity contribution in [2.75, 3.05) is 0 Å². The van der Waals surface area contributed by atoms with Crippen LogP contribution < -0.4 is 11.5 Å². The van der Waals surface area contributed by atoms with Gasteiger partial charge >= 0.3 is 0 Å². The van der Waals surface area contributed by atoms with Gasteiger partial charge in [-0.05, 0) is 29.8 Å². The van der Waals surface area contributed by atoms with Gasteiger partial charge < -0.3 is 11.5 Å². The van der Waals surface area contributed by atoms with E-state index in [0.717, 1.165) is 5.56 Å². The van der Waals surface area contributed by atoms with Crippen LogP contribution in [0.3, 0.4) is 0 Å². The van der Waals surface area contributed by atoms with Crippen LogP contribution in [0.4, 0.5) is 10.1 Å². The summed E-state index contributed by atoms with van der Waals surface area (Å²) in [7, 11) is 0. The maximum absolute atomic E-state index is 13.5. The van der Waals surface area contributed by atoms with Gasteiger partial charge in [-0.2, -0.15) is 0 Å². The average molecular weight is 243 g/mol. The molecule has 0 amide bonds. The van der Waals surface area contributed by atoms with E-state index in [9.17, 15) is 4.39 Å². The zero-order chi connectivity index (χ0) is 13.0. The summed E-state index contributed by atoms with van der Waals surface area (Å²) < 4.78 is 13.5. The molecule has 0 aromatic heterocycles. The van der Waals surface area contributed by atoms with E-state index in [1.54, 1.807) is 24.3 Å². The third kappa shape index (κ3) is 2.73. The van der Waals surface area contributed by atoms with Crippen molar-refractivity contribution in [3.63, 3.8) is 0 Å². The van der Waals surface area contributed by atoms with Crippen LogP contribution >= 0.6 is 0 Å². The fourth-order valence-electron chi connectivity index (χ4n) is 1.62. The lowest BCUT2D eigenvalue weighted by Gasteiger charge is -2.03. The van der Waals surface area contributed by atoms with Crippen molar-refractivity contribution in [2.45, 2.75) is 6.54 Å². The van der Waals surface area contributed by atoms with E-state index >= 15 is 0 Å². The molecule has 0 aliphatic rings. The second kappa shape index (κ2) is 5.42. The van der Waals surface area contributed by atoms with Gasteiger partial charge in [0.2, 0.25) is 0 Å². The molecule has 2 aromatic rings. The lowest BCUT2D eigenvalue weighted by Crippen LogP contribution is -2.14. The van der Waals surface area contributed by atoms with Gasteiger partial charge in [-0.1, -0.05) is 24.3 Å². The van der Waals surface area contributed by atoms with E-state index in [-0.39, 0.29) is 11.7 Å². The minimum absolute atomic E-state index is 0.155. The van der Waals surface area contributed by atoms with Crippen molar-refractivity contribution >= 4 is 11.5 Å². The predicted octanol–water partition coefficient (Wildman–Crippen LogP) is 2.32. The summed E-state index contributed by atoms with van der Waals surface area (Å²) in [5.41, 5.74) is 13.3. The fraction of sp³-hybridized carbons (Fsp3) is 0.0714. The molecule has 92 valence electrons. The van der Waals surface area contributed by atoms with Gasteiger partial charge in [0.15, 0.2) is 0 Å². The Kier molecular flexibility index (Phi) is 3.69. The molecular formula is C14H14FN3. The number of nitrogens with two attached hydrogens (primary N) is 2. The zero-order valence-corrected chi connectivity index (χ0v) is 9.81. The summed E-state index contributed by atoms with van der Waals surface area (Å²) in [4.78, 5) is 4.20. The Morgan fingerprint density at radius 3 is 2.61 bits per heavy atom. The van der Waals surface area contributed by atoms with Crippen LogP contribution in [0.15, 0.2) is 53.5 Å². The highest BCUT2D eigenvalue weighted by molar-refractivity contribution is 5.99. The molecule has 0 bridgehead atoms. The van der Waals surface area contributed by atoms with Crippen molar-refractivity contribution in [2.24, 2.45) is 16.5 Å². The molecule has 0 aliphatic carbocycles. The van der Waals surface area contributed by atoms with Crippen LogP contribution in [-0.2, 0) is 6.54 Å². The SMILES string of the molecule is NCc1cccc(N=C(N)c2ccccc2F)c1. The zero-order valence-electron chi connectivity index (χ0n) is 9.81. The first-order valence-electron chi connectivity index (χ1n) is 5.59. The van der Waals surface area contributed by atoms with Gasteiger partial charge in [0.05, 0.1) is 11.3 Å². The van der Waals surface area contributed by atoms with Crippen LogP contribution in [0.5, 0.6) is 0 Å². The van der Waals surface area contributed by atoms with Crippen LogP contribution in [-0.4, -0.2) is 5.84 Å². The van der Waals surface area contributed by atoms with Crippen LogP contribution in [0.2, 0.25) is 0 Å². The van der Waals surface area contributed by atoms with Crippen molar-refractivity contribution in [3.05, 3.63) is 65.5 Å². The molecule has 2 rings (SSSR count). The molecule has 0 saturated carbocycles. The van der Waals surface area contributed by atoms with Crippen molar-refractivity contribution in [1.82, 2.24) is 0 Å². The third-order valence-corrected chi connectivity index (χ3v) is 2.55. The number of nitrogens with zero attached hydrogens (tertiary/aromatic N) is 1. The molecule has 2 aromatic carbocycles. The van der Waals surface area contributed by atoms with Gasteiger partial charge in [0, 0.05) is 6.54 Å². The maximum atomic E-state index is 13.5. The summed E-state index contributed by atoms with van der Waals surface area (Å²) in [6, 6.07) is 13.7. The molecule has 0 spiro atoms. The quantitative estimate of drug-likeness (QED) is 0.642. The largest absolute Gasteiger partial charge is 0.383 e. The highest BCUT2D eigenvalue weighted by Gasteiger charge is 2.04. The van der Waals surface area contributed by atoms with E-state index in [1.807, 2.05) is 18.2 Å². The summed E-state index contributed by atoms with van der Waals surface area (Å²) in [5, 5.41) is 0. The van der Waals surface area contributed by atoms with Crippen molar-refractivity contribution < 1.29 is 4.39 Å². The molecule has 18 heavy (non-hydrogen) atoms. The van der Waals surface area contributed by atoms with Crippen LogP contribution in [0, 0.1) is 5.82 Å². The Bertz CT molecular complexity index is 579. The number of hydrogen-bond acceptors (Lipinski definition) is 2. The van der Waals surface area contributed by atoms with Gasteiger partial charge in [-0.25, -0.2) is 9.38 Å². The molecule has 0 atom stereocenters. The summed E-state index contributed by atoms with van der Waals surface area (Å²) >= 11 is 0. The molecule has 4 N–H and O–H groups in total. The van der Waals surface area contributed by atoms with Crippen molar-refractivity contribution in [1.29, 1.82) is 0 Å². The smallest absolute Gasteiger partial charge is 0.134 e. The van der Waals surface area contributed by atoms with Crippen LogP contribution in [0.1, 0.15) is 11.1 Å². The molecule has 0 fully saturated rings. The van der Waals surface area contributed by atoms with E-state index in [2.05, 4.69) is 4.99 Å². The normalized spacial score (nSPS) is 11.6. The molecule has 3 nitrogen and oxygen atoms in total. The Morgan fingerprint density at radius 1 is 1.11 bits per heavy atom. The van der Waals surface area contributed by atoms with Crippen molar-refractivity contribution in [3.8, 4) is 0 Å². The topological polar surface area (TPSA) is 64.4 Å². The van der Waals surface area contributed by atoms with E-state index in [1.165, 1.54) is 6.07 Å². The maximum Gasteiger partial charge on any atom is 0.134 e. The second-order valence-corrected chi connectivity index (χ2v) is 3.85. The van der Waals surface area contributed by atoms with E-state index < -0.39 is 0 Å². The van der Waals surface area contributed by atoms with Gasteiger partial charge in [0.25, 0.3) is 0 Å². The Morgan fingerprint density at radius 2 is 1.89 bits per heavy atom.